The van der Waals surface area contributed by atoms with Crippen LogP contribution in [0.5, 0.6) is 0 Å². The fraction of sp³-hybridized carbons (Fsp3) is 1.00. The third kappa shape index (κ3) is 2.40. The summed E-state index contributed by atoms with van der Waals surface area (Å²) in [5, 5.41) is 0. The van der Waals surface area contributed by atoms with Gasteiger partial charge in [0.15, 0.2) is 9.04 Å². The fourth-order valence-corrected chi connectivity index (χ4v) is 7.38. The molecule has 82 valence electrons. The SMILES string of the molecule is CCO[SiH](C1CCCC1)C1CCCC1. The van der Waals surface area contributed by atoms with Gasteiger partial charge in [-0.25, -0.2) is 0 Å². The number of hydrogen-bond acceptors (Lipinski definition) is 1. The molecule has 0 heterocycles. The van der Waals surface area contributed by atoms with Crippen LogP contribution in [0.1, 0.15) is 58.3 Å². The number of rotatable bonds is 4. The highest BCUT2D eigenvalue weighted by Gasteiger charge is 2.35. The largest absolute Gasteiger partial charge is 0.420 e. The summed E-state index contributed by atoms with van der Waals surface area (Å²) < 4.78 is 6.15. The van der Waals surface area contributed by atoms with Crippen molar-refractivity contribution in [3.05, 3.63) is 0 Å². The van der Waals surface area contributed by atoms with Crippen molar-refractivity contribution in [2.45, 2.75) is 69.4 Å². The summed E-state index contributed by atoms with van der Waals surface area (Å²) in [6.45, 7) is 3.16. The Morgan fingerprint density at radius 1 is 0.929 bits per heavy atom. The lowest BCUT2D eigenvalue weighted by Crippen LogP contribution is -2.28. The Kier molecular flexibility index (Phi) is 4.06. The maximum absolute atomic E-state index is 6.15. The van der Waals surface area contributed by atoms with Gasteiger partial charge < -0.3 is 4.43 Å². The molecule has 2 aliphatic rings. The maximum Gasteiger partial charge on any atom is 0.183 e. The normalized spacial score (nSPS) is 25.3. The summed E-state index contributed by atoms with van der Waals surface area (Å²) >= 11 is 0. The molecule has 2 saturated carbocycles. The molecule has 0 aromatic carbocycles. The van der Waals surface area contributed by atoms with Gasteiger partial charge in [-0.3, -0.25) is 0 Å². The minimum absolute atomic E-state index is 0.839. The molecule has 0 spiro atoms. The summed E-state index contributed by atoms with van der Waals surface area (Å²) in [5.41, 5.74) is 2.08. The lowest BCUT2D eigenvalue weighted by Gasteiger charge is -2.26. The summed E-state index contributed by atoms with van der Waals surface area (Å²) in [6.07, 6.45) is 11.9. The summed E-state index contributed by atoms with van der Waals surface area (Å²) in [5.74, 6) is 0. The Hall–Kier alpha value is 0.177. The van der Waals surface area contributed by atoms with Crippen molar-refractivity contribution in [3.8, 4) is 0 Å². The van der Waals surface area contributed by atoms with Crippen molar-refractivity contribution in [3.63, 3.8) is 0 Å². The quantitative estimate of drug-likeness (QED) is 0.647. The fourth-order valence-electron chi connectivity index (χ4n) is 3.42. The molecule has 2 rings (SSSR count). The van der Waals surface area contributed by atoms with Crippen LogP contribution in [0.4, 0.5) is 0 Å². The van der Waals surface area contributed by atoms with Gasteiger partial charge in [0.2, 0.25) is 0 Å². The van der Waals surface area contributed by atoms with E-state index in [-0.39, 0.29) is 0 Å². The Labute approximate surface area is 90.0 Å². The predicted octanol–water partition coefficient (Wildman–Crippen LogP) is 3.64. The van der Waals surface area contributed by atoms with Crippen molar-refractivity contribution < 1.29 is 4.43 Å². The van der Waals surface area contributed by atoms with Crippen LogP contribution >= 0.6 is 0 Å². The minimum atomic E-state index is -0.839. The molecular formula is C12H24OSi. The van der Waals surface area contributed by atoms with E-state index in [2.05, 4.69) is 6.92 Å². The van der Waals surface area contributed by atoms with E-state index in [1.165, 1.54) is 51.4 Å². The third-order valence-corrected chi connectivity index (χ3v) is 8.00. The summed E-state index contributed by atoms with van der Waals surface area (Å²) in [6, 6.07) is 0. The van der Waals surface area contributed by atoms with Crippen LogP contribution in [0.3, 0.4) is 0 Å². The second kappa shape index (κ2) is 5.31. The van der Waals surface area contributed by atoms with Gasteiger partial charge in [-0.1, -0.05) is 51.4 Å². The predicted molar refractivity (Wildman–Crippen MR) is 63.2 cm³/mol. The highest BCUT2D eigenvalue weighted by atomic mass is 28.3. The highest BCUT2D eigenvalue weighted by Crippen LogP contribution is 2.43. The topological polar surface area (TPSA) is 9.23 Å². The van der Waals surface area contributed by atoms with Crippen molar-refractivity contribution >= 4 is 9.04 Å². The van der Waals surface area contributed by atoms with E-state index in [1.54, 1.807) is 0 Å². The Bertz CT molecular complexity index is 144. The molecule has 0 radical (unpaired) electrons. The van der Waals surface area contributed by atoms with Gasteiger partial charge in [-0.05, 0) is 18.0 Å². The third-order valence-electron chi connectivity index (χ3n) is 4.09. The molecule has 0 aliphatic heterocycles. The van der Waals surface area contributed by atoms with Gasteiger partial charge in [0, 0.05) is 6.61 Å². The van der Waals surface area contributed by atoms with Gasteiger partial charge in [-0.2, -0.15) is 0 Å². The molecule has 0 aromatic heterocycles. The van der Waals surface area contributed by atoms with E-state index in [4.69, 9.17) is 4.43 Å². The first-order chi connectivity index (χ1) is 6.92. The zero-order valence-electron chi connectivity index (χ0n) is 9.50. The Morgan fingerprint density at radius 3 is 1.71 bits per heavy atom. The summed E-state index contributed by atoms with van der Waals surface area (Å²) in [4.78, 5) is 0. The van der Waals surface area contributed by atoms with E-state index >= 15 is 0 Å². The monoisotopic (exact) mass is 212 g/mol. The van der Waals surface area contributed by atoms with Gasteiger partial charge in [0.05, 0.1) is 0 Å². The molecule has 0 amide bonds. The van der Waals surface area contributed by atoms with Crippen LogP contribution in [0, 0.1) is 0 Å². The minimum Gasteiger partial charge on any atom is -0.420 e. The molecular weight excluding hydrogens is 188 g/mol. The van der Waals surface area contributed by atoms with Gasteiger partial charge >= 0.3 is 0 Å². The zero-order valence-corrected chi connectivity index (χ0v) is 10.7. The van der Waals surface area contributed by atoms with Crippen molar-refractivity contribution in [1.29, 1.82) is 0 Å². The molecule has 0 bridgehead atoms. The first-order valence-corrected chi connectivity index (χ1v) is 8.34. The van der Waals surface area contributed by atoms with Crippen LogP contribution in [0.15, 0.2) is 0 Å². The lowest BCUT2D eigenvalue weighted by molar-refractivity contribution is 0.322. The molecule has 2 heteroatoms. The Morgan fingerprint density at radius 2 is 1.36 bits per heavy atom. The van der Waals surface area contributed by atoms with Gasteiger partial charge in [-0.15, -0.1) is 0 Å². The van der Waals surface area contributed by atoms with Crippen LogP contribution in [0.25, 0.3) is 0 Å². The van der Waals surface area contributed by atoms with Crippen LogP contribution in [0.2, 0.25) is 11.1 Å². The molecule has 0 unspecified atom stereocenters. The molecule has 0 saturated heterocycles. The number of hydrogen-bond donors (Lipinski definition) is 0. The van der Waals surface area contributed by atoms with Crippen molar-refractivity contribution in [1.82, 2.24) is 0 Å². The van der Waals surface area contributed by atoms with Crippen LogP contribution in [-0.4, -0.2) is 15.6 Å². The van der Waals surface area contributed by atoms with Crippen LogP contribution in [-0.2, 0) is 4.43 Å². The molecule has 14 heavy (non-hydrogen) atoms. The molecule has 0 N–H and O–H groups in total. The van der Waals surface area contributed by atoms with Gasteiger partial charge in [0.25, 0.3) is 0 Å². The average molecular weight is 212 g/mol. The first-order valence-electron chi connectivity index (χ1n) is 6.53. The molecule has 0 atom stereocenters. The van der Waals surface area contributed by atoms with Crippen molar-refractivity contribution in [2.24, 2.45) is 0 Å². The molecule has 1 nitrogen and oxygen atoms in total. The van der Waals surface area contributed by atoms with E-state index in [1.807, 2.05) is 0 Å². The van der Waals surface area contributed by atoms with E-state index in [9.17, 15) is 0 Å². The van der Waals surface area contributed by atoms with E-state index < -0.39 is 9.04 Å². The smallest absolute Gasteiger partial charge is 0.183 e. The molecule has 2 fully saturated rings. The second-order valence-corrected chi connectivity index (χ2v) is 8.16. The highest BCUT2D eigenvalue weighted by molar-refractivity contribution is 6.55. The van der Waals surface area contributed by atoms with Gasteiger partial charge in [0.1, 0.15) is 0 Å². The standard InChI is InChI=1S/C12H24OSi/c1-2-13-14(11-7-3-4-8-11)12-9-5-6-10-12/h11-12,14H,2-10H2,1H3. The van der Waals surface area contributed by atoms with E-state index in [0.717, 1.165) is 17.7 Å². The molecule has 2 aliphatic carbocycles. The van der Waals surface area contributed by atoms with E-state index in [0.29, 0.717) is 0 Å². The summed E-state index contributed by atoms with van der Waals surface area (Å²) in [7, 11) is -0.839. The second-order valence-electron chi connectivity index (χ2n) is 5.01. The van der Waals surface area contributed by atoms with Crippen molar-refractivity contribution in [2.75, 3.05) is 6.61 Å². The lowest BCUT2D eigenvalue weighted by atomic mass is 10.3. The first kappa shape index (κ1) is 10.7. The van der Waals surface area contributed by atoms with Crippen LogP contribution < -0.4 is 0 Å². The average Bonchev–Trinajstić information content (AvgIpc) is 2.87. The molecule has 0 aromatic rings. The zero-order chi connectivity index (χ0) is 9.80. The maximum atomic E-state index is 6.15. The Balaban J connectivity index is 1.91.